The number of fused-ring (bicyclic) bond motifs is 1. The van der Waals surface area contributed by atoms with Gasteiger partial charge in [-0.1, -0.05) is 24.4 Å². The highest BCUT2D eigenvalue weighted by Crippen LogP contribution is 2.26. The van der Waals surface area contributed by atoms with Gasteiger partial charge in [-0.15, -0.1) is 0 Å². The average molecular weight is 248 g/mol. The Morgan fingerprint density at radius 1 is 1.29 bits per heavy atom. The van der Waals surface area contributed by atoms with Crippen LogP contribution in [0.4, 0.5) is 11.4 Å². The first-order valence-electron chi connectivity index (χ1n) is 5.13. The molecule has 1 aliphatic rings. The van der Waals surface area contributed by atoms with Gasteiger partial charge < -0.3 is 15.4 Å². The summed E-state index contributed by atoms with van der Waals surface area (Å²) in [5.74, 6) is -0.300. The van der Waals surface area contributed by atoms with E-state index in [0.29, 0.717) is 4.99 Å². The van der Waals surface area contributed by atoms with E-state index in [0.717, 1.165) is 17.1 Å². The van der Waals surface area contributed by atoms with E-state index in [1.165, 1.54) is 7.11 Å². The maximum absolute atomic E-state index is 11.2. The SMILES string of the molecule is COC(=O)CC1=CC(=S)Nc2ccccc2N1. The molecule has 0 aliphatic carbocycles. The Bertz CT molecular complexity index is 497. The standard InChI is InChI=1S/C12H12N2O2S/c1-16-12(15)7-8-6-11(17)14-10-5-3-2-4-9(10)13-8/h2-6,13H,7H2,1H3,(H,14,17). The number of carbonyl (C=O) groups excluding carboxylic acids is 1. The second-order valence-electron chi connectivity index (χ2n) is 3.58. The molecule has 0 spiro atoms. The molecule has 0 saturated carbocycles. The monoisotopic (exact) mass is 248 g/mol. The number of carbonyl (C=O) groups is 1. The van der Waals surface area contributed by atoms with Crippen molar-refractivity contribution in [3.8, 4) is 0 Å². The summed E-state index contributed by atoms with van der Waals surface area (Å²) in [6.07, 6.45) is 1.90. The van der Waals surface area contributed by atoms with Crippen LogP contribution in [0.3, 0.4) is 0 Å². The highest BCUT2D eigenvalue weighted by atomic mass is 32.1. The lowest BCUT2D eigenvalue weighted by atomic mass is 10.2. The van der Waals surface area contributed by atoms with Crippen molar-refractivity contribution in [2.24, 2.45) is 0 Å². The number of nitrogens with one attached hydrogen (secondary N) is 2. The Balaban J connectivity index is 2.25. The summed E-state index contributed by atoms with van der Waals surface area (Å²) < 4.78 is 4.63. The first kappa shape index (κ1) is 11.6. The van der Waals surface area contributed by atoms with Gasteiger partial charge in [0, 0.05) is 5.70 Å². The van der Waals surface area contributed by atoms with Crippen LogP contribution in [0.25, 0.3) is 0 Å². The van der Waals surface area contributed by atoms with E-state index in [-0.39, 0.29) is 12.4 Å². The minimum atomic E-state index is -0.300. The van der Waals surface area contributed by atoms with Crippen LogP contribution in [-0.4, -0.2) is 18.1 Å². The molecule has 88 valence electrons. The number of methoxy groups -OCH3 is 1. The normalized spacial score (nSPS) is 13.7. The van der Waals surface area contributed by atoms with Crippen LogP contribution in [-0.2, 0) is 9.53 Å². The highest BCUT2D eigenvalue weighted by molar-refractivity contribution is 7.81. The van der Waals surface area contributed by atoms with Gasteiger partial charge in [-0.2, -0.15) is 0 Å². The molecule has 1 aromatic carbocycles. The number of anilines is 2. The lowest BCUT2D eigenvalue weighted by molar-refractivity contribution is -0.139. The Kier molecular flexibility index (Phi) is 3.39. The fraction of sp³-hybridized carbons (Fsp3) is 0.167. The Hall–Kier alpha value is -1.88. The molecule has 2 N–H and O–H groups in total. The molecule has 0 radical (unpaired) electrons. The summed E-state index contributed by atoms with van der Waals surface area (Å²) in [5, 5.41) is 6.25. The first-order chi connectivity index (χ1) is 8.19. The number of hydrogen-bond donors (Lipinski definition) is 2. The summed E-state index contributed by atoms with van der Waals surface area (Å²) in [5.41, 5.74) is 2.51. The van der Waals surface area contributed by atoms with Crippen LogP contribution in [0, 0.1) is 0 Å². The third-order valence-corrected chi connectivity index (χ3v) is 2.57. The molecule has 5 heteroatoms. The number of hydrogen-bond acceptors (Lipinski definition) is 4. The van der Waals surface area contributed by atoms with Crippen LogP contribution in [0.1, 0.15) is 6.42 Å². The minimum Gasteiger partial charge on any atom is -0.469 e. The molecule has 1 aromatic rings. The van der Waals surface area contributed by atoms with Gasteiger partial charge in [-0.3, -0.25) is 4.79 Å². The maximum atomic E-state index is 11.2. The molecular formula is C12H12N2O2S. The molecule has 0 saturated heterocycles. The molecular weight excluding hydrogens is 236 g/mol. The van der Waals surface area contributed by atoms with Crippen molar-refractivity contribution in [3.63, 3.8) is 0 Å². The zero-order chi connectivity index (χ0) is 12.3. The number of rotatable bonds is 2. The van der Waals surface area contributed by atoms with E-state index in [1.54, 1.807) is 6.08 Å². The zero-order valence-electron chi connectivity index (χ0n) is 9.32. The Morgan fingerprint density at radius 3 is 2.59 bits per heavy atom. The van der Waals surface area contributed by atoms with Gasteiger partial charge in [0.2, 0.25) is 0 Å². The molecule has 0 aromatic heterocycles. The van der Waals surface area contributed by atoms with E-state index >= 15 is 0 Å². The smallest absolute Gasteiger partial charge is 0.311 e. The fourth-order valence-electron chi connectivity index (χ4n) is 1.56. The maximum Gasteiger partial charge on any atom is 0.311 e. The molecule has 4 nitrogen and oxygen atoms in total. The van der Waals surface area contributed by atoms with Gasteiger partial charge >= 0.3 is 5.97 Å². The van der Waals surface area contributed by atoms with Crippen LogP contribution in [0.5, 0.6) is 0 Å². The first-order valence-corrected chi connectivity index (χ1v) is 5.54. The van der Waals surface area contributed by atoms with Crippen LogP contribution < -0.4 is 10.6 Å². The van der Waals surface area contributed by atoms with Gasteiger partial charge in [0.05, 0.1) is 24.9 Å². The highest BCUT2D eigenvalue weighted by Gasteiger charge is 2.13. The van der Waals surface area contributed by atoms with Crippen molar-refractivity contribution < 1.29 is 9.53 Å². The summed E-state index contributed by atoms with van der Waals surface area (Å²) in [7, 11) is 1.37. The van der Waals surface area contributed by atoms with Crippen LogP contribution in [0.2, 0.25) is 0 Å². The molecule has 2 rings (SSSR count). The van der Waals surface area contributed by atoms with Gasteiger partial charge in [-0.05, 0) is 18.2 Å². The van der Waals surface area contributed by atoms with Crippen molar-refractivity contribution in [1.82, 2.24) is 0 Å². The number of thiocarbonyl (C=S) groups is 1. The number of ether oxygens (including phenoxy) is 1. The van der Waals surface area contributed by atoms with Gasteiger partial charge in [0.15, 0.2) is 0 Å². The number of para-hydroxylation sites is 2. The summed E-state index contributed by atoms with van der Waals surface area (Å²) in [4.78, 5) is 11.8. The summed E-state index contributed by atoms with van der Waals surface area (Å²) in [6.45, 7) is 0. The molecule has 0 bridgehead atoms. The van der Waals surface area contributed by atoms with E-state index in [4.69, 9.17) is 12.2 Å². The Morgan fingerprint density at radius 2 is 1.94 bits per heavy atom. The van der Waals surface area contributed by atoms with E-state index in [2.05, 4.69) is 15.4 Å². The van der Waals surface area contributed by atoms with Gasteiger partial charge in [0.1, 0.15) is 4.99 Å². The molecule has 1 heterocycles. The predicted molar refractivity (Wildman–Crippen MR) is 71.0 cm³/mol. The molecule has 17 heavy (non-hydrogen) atoms. The molecule has 0 fully saturated rings. The van der Waals surface area contributed by atoms with Crippen molar-refractivity contribution in [3.05, 3.63) is 36.0 Å². The number of benzene rings is 1. The van der Waals surface area contributed by atoms with Crippen LogP contribution >= 0.6 is 12.2 Å². The largest absolute Gasteiger partial charge is 0.469 e. The topological polar surface area (TPSA) is 50.4 Å². The number of esters is 1. The predicted octanol–water partition coefficient (Wildman–Crippen LogP) is 2.30. The average Bonchev–Trinajstić information content (AvgIpc) is 2.46. The summed E-state index contributed by atoms with van der Waals surface area (Å²) >= 11 is 5.16. The third-order valence-electron chi connectivity index (χ3n) is 2.35. The minimum absolute atomic E-state index is 0.173. The van der Waals surface area contributed by atoms with Crippen molar-refractivity contribution in [1.29, 1.82) is 0 Å². The summed E-state index contributed by atoms with van der Waals surface area (Å²) in [6, 6.07) is 7.67. The van der Waals surface area contributed by atoms with Gasteiger partial charge in [0.25, 0.3) is 0 Å². The Labute approximate surface area is 105 Å². The fourth-order valence-corrected chi connectivity index (χ4v) is 1.81. The molecule has 1 aliphatic heterocycles. The van der Waals surface area contributed by atoms with E-state index < -0.39 is 0 Å². The quantitative estimate of drug-likeness (QED) is 0.621. The third kappa shape index (κ3) is 2.82. The second-order valence-corrected chi connectivity index (χ2v) is 4.02. The van der Waals surface area contributed by atoms with E-state index in [1.807, 2.05) is 24.3 Å². The van der Waals surface area contributed by atoms with Crippen molar-refractivity contribution in [2.75, 3.05) is 17.7 Å². The van der Waals surface area contributed by atoms with Crippen LogP contribution in [0.15, 0.2) is 36.0 Å². The molecule has 0 atom stereocenters. The second kappa shape index (κ2) is 4.97. The molecule has 0 unspecified atom stereocenters. The van der Waals surface area contributed by atoms with Gasteiger partial charge in [-0.25, -0.2) is 0 Å². The zero-order valence-corrected chi connectivity index (χ0v) is 10.1. The van der Waals surface area contributed by atoms with Crippen molar-refractivity contribution >= 4 is 34.6 Å². The van der Waals surface area contributed by atoms with E-state index in [9.17, 15) is 4.79 Å². The van der Waals surface area contributed by atoms with Crippen molar-refractivity contribution in [2.45, 2.75) is 6.42 Å². The lowest BCUT2D eigenvalue weighted by Gasteiger charge is -2.10. The lowest BCUT2D eigenvalue weighted by Crippen LogP contribution is -2.08. The molecule has 0 amide bonds.